The molecule has 0 spiro atoms. The van der Waals surface area contributed by atoms with E-state index in [2.05, 4.69) is 21.3 Å². The second-order valence-corrected chi connectivity index (χ2v) is 34.7. The summed E-state index contributed by atoms with van der Waals surface area (Å²) >= 11 is 0. The normalized spacial score (nSPS) is 26.8. The molecule has 0 unspecified atom stereocenters. The number of carbonyl (C=O) groups is 12. The highest BCUT2D eigenvalue weighted by atomic mass is 28.4. The molecule has 0 radical (unpaired) electrons. The standard InChI is InChI=1S/C67H123N11O13Si/c1-30-47-62(86)72(21)46(17)61(85)73(22)49(34-38(4)5)58(82)71-52(41(10)11)65(89)74(23)48(33-37(2)3)57(81)68-44(15)56(80)69-45(16)60(84)75(24)50(35-39(6)7)63(87)76(25)51(36-40(8)9)64(88)77(26)53(42(12)13)66(90)78(27)54(59(83)70-47)55(43(14)31-32-79)91-92(28,29)67(18,19)20/h32,37-55H,30-31,33-36H2,1-29H3,(H,68,81)(H,69,80)(H,70,83)(H,71,82)/t43-,44+,45-,46-,47+,48+,49+,50+,51+,52+,53+,54+,55-/m1/s1. The molecule has 0 saturated carbocycles. The molecule has 24 nitrogen and oxygen atoms in total. The summed E-state index contributed by atoms with van der Waals surface area (Å²) < 4.78 is 7.11. The van der Waals surface area contributed by atoms with Gasteiger partial charge >= 0.3 is 0 Å². The molecular formula is C67H123N11O13Si. The van der Waals surface area contributed by atoms with E-state index in [9.17, 15) is 38.4 Å². The Balaban J connectivity index is 4.58. The van der Waals surface area contributed by atoms with Crippen LogP contribution in [0.25, 0.3) is 0 Å². The summed E-state index contributed by atoms with van der Waals surface area (Å²) in [6.45, 7) is 39.7. The zero-order valence-electron chi connectivity index (χ0n) is 61.7. The van der Waals surface area contributed by atoms with Crippen molar-refractivity contribution in [3.05, 3.63) is 0 Å². The lowest BCUT2D eigenvalue weighted by Gasteiger charge is -2.46. The van der Waals surface area contributed by atoms with Crippen LogP contribution in [0.1, 0.15) is 177 Å². The van der Waals surface area contributed by atoms with E-state index in [1.54, 1.807) is 41.5 Å². The fraction of sp³-hybridized carbons (Fsp3) is 0.821. The van der Waals surface area contributed by atoms with Crippen molar-refractivity contribution in [1.29, 1.82) is 0 Å². The lowest BCUT2D eigenvalue weighted by atomic mass is 9.91. The van der Waals surface area contributed by atoms with E-state index in [1.165, 1.54) is 104 Å². The van der Waals surface area contributed by atoms with Crippen LogP contribution in [-0.4, -0.2) is 236 Å². The maximum Gasteiger partial charge on any atom is 0.246 e. The van der Waals surface area contributed by atoms with Gasteiger partial charge in [-0.05, 0) is 112 Å². The monoisotopic (exact) mass is 1320 g/mol. The third kappa shape index (κ3) is 22.3. The lowest BCUT2D eigenvalue weighted by molar-refractivity contribution is -0.157. The van der Waals surface area contributed by atoms with Crippen LogP contribution >= 0.6 is 0 Å². The Bertz CT molecular complexity index is 2560. The number of hydrogen-bond acceptors (Lipinski definition) is 13. The molecule has 1 aliphatic rings. The average molecular weight is 1320 g/mol. The fourth-order valence-electron chi connectivity index (χ4n) is 11.4. The molecule has 0 aromatic carbocycles. The summed E-state index contributed by atoms with van der Waals surface area (Å²) in [6.07, 6.45) is 0.0659. The lowest BCUT2D eigenvalue weighted by Crippen LogP contribution is -2.65. The molecule has 11 amide bonds. The van der Waals surface area contributed by atoms with Crippen LogP contribution in [0.4, 0.5) is 0 Å². The minimum Gasteiger partial charge on any atom is -0.411 e. The van der Waals surface area contributed by atoms with Crippen LogP contribution in [0.5, 0.6) is 0 Å². The molecule has 1 heterocycles. The van der Waals surface area contributed by atoms with Crippen molar-refractivity contribution in [3.8, 4) is 0 Å². The average Bonchev–Trinajstić information content (AvgIpc) is 0.794. The predicted molar refractivity (Wildman–Crippen MR) is 360 cm³/mol. The van der Waals surface area contributed by atoms with E-state index >= 15 is 19.2 Å². The summed E-state index contributed by atoms with van der Waals surface area (Å²) in [4.78, 5) is 185. The molecule has 1 aliphatic heterocycles. The summed E-state index contributed by atoms with van der Waals surface area (Å²) in [7, 11) is 7.19. The molecule has 1 rings (SSSR count). The van der Waals surface area contributed by atoms with Crippen molar-refractivity contribution in [3.63, 3.8) is 0 Å². The van der Waals surface area contributed by atoms with Gasteiger partial charge in [0.05, 0.1) is 6.10 Å². The van der Waals surface area contributed by atoms with E-state index in [0.717, 1.165) is 0 Å². The van der Waals surface area contributed by atoms with E-state index in [0.29, 0.717) is 6.29 Å². The number of amides is 11. The summed E-state index contributed by atoms with van der Waals surface area (Å²) in [5.41, 5.74) is 0. The van der Waals surface area contributed by atoms with Crippen LogP contribution in [0, 0.1) is 41.4 Å². The predicted octanol–water partition coefficient (Wildman–Crippen LogP) is 5.31. The van der Waals surface area contributed by atoms with Gasteiger partial charge in [0.1, 0.15) is 72.7 Å². The van der Waals surface area contributed by atoms with E-state index in [4.69, 9.17) is 4.43 Å². The van der Waals surface area contributed by atoms with Crippen LogP contribution in [-0.2, 0) is 62.0 Å². The molecule has 25 heteroatoms. The van der Waals surface area contributed by atoms with Crippen molar-refractivity contribution in [2.45, 2.75) is 268 Å². The molecule has 0 aromatic heterocycles. The molecule has 13 atom stereocenters. The third-order valence-electron chi connectivity index (χ3n) is 18.5. The number of nitrogens with one attached hydrogen (secondary N) is 4. The molecule has 0 bridgehead atoms. The topological polar surface area (TPSA) is 285 Å². The molecule has 0 aliphatic carbocycles. The highest BCUT2D eigenvalue weighted by molar-refractivity contribution is 6.74. The first-order chi connectivity index (χ1) is 42.1. The molecule has 1 saturated heterocycles. The molecule has 528 valence electrons. The Morgan fingerprint density at radius 1 is 0.446 bits per heavy atom. The van der Waals surface area contributed by atoms with Crippen LogP contribution in [0.15, 0.2) is 0 Å². The van der Waals surface area contributed by atoms with Crippen LogP contribution < -0.4 is 21.3 Å². The molecular weight excluding hydrogens is 1190 g/mol. The molecule has 1 fully saturated rings. The Morgan fingerprint density at radius 2 is 0.837 bits per heavy atom. The fourth-order valence-corrected chi connectivity index (χ4v) is 12.8. The van der Waals surface area contributed by atoms with Gasteiger partial charge in [0.15, 0.2) is 8.32 Å². The van der Waals surface area contributed by atoms with Gasteiger partial charge in [-0.1, -0.05) is 118 Å². The zero-order chi connectivity index (χ0) is 71.8. The highest BCUT2D eigenvalue weighted by Crippen LogP contribution is 2.40. The number of rotatable bonds is 17. The number of carbonyl (C=O) groups excluding carboxylic acids is 12. The summed E-state index contributed by atoms with van der Waals surface area (Å²) in [5, 5.41) is 10.7. The first-order valence-corrected chi connectivity index (χ1v) is 36.2. The third-order valence-corrected chi connectivity index (χ3v) is 23.0. The Kier molecular flexibility index (Phi) is 32.9. The molecule has 92 heavy (non-hydrogen) atoms. The van der Waals surface area contributed by atoms with E-state index in [1.807, 2.05) is 89.3 Å². The van der Waals surface area contributed by atoms with Crippen molar-refractivity contribution >= 4 is 79.6 Å². The van der Waals surface area contributed by atoms with Gasteiger partial charge in [-0.3, -0.25) is 52.7 Å². The van der Waals surface area contributed by atoms with Gasteiger partial charge in [-0.2, -0.15) is 0 Å². The van der Waals surface area contributed by atoms with Crippen molar-refractivity contribution in [2.24, 2.45) is 41.4 Å². The smallest absolute Gasteiger partial charge is 0.246 e. The van der Waals surface area contributed by atoms with Crippen LogP contribution in [0.2, 0.25) is 18.1 Å². The first kappa shape index (κ1) is 84.0. The first-order valence-electron chi connectivity index (χ1n) is 33.3. The number of hydrogen-bond donors (Lipinski definition) is 4. The number of nitrogens with zero attached hydrogens (tertiary/aromatic N) is 7. The van der Waals surface area contributed by atoms with Gasteiger partial charge in [0.2, 0.25) is 65.0 Å². The Morgan fingerprint density at radius 3 is 1.25 bits per heavy atom. The molecule has 0 aromatic rings. The zero-order valence-corrected chi connectivity index (χ0v) is 62.7. The summed E-state index contributed by atoms with van der Waals surface area (Å²) in [6, 6.07) is -13.6. The summed E-state index contributed by atoms with van der Waals surface area (Å²) in [5.74, 6) is -9.80. The van der Waals surface area contributed by atoms with Crippen LogP contribution in [0.3, 0.4) is 0 Å². The second-order valence-electron chi connectivity index (χ2n) is 29.9. The number of aldehydes is 1. The minimum absolute atomic E-state index is 0.00913. The Labute approximate surface area is 553 Å². The largest absolute Gasteiger partial charge is 0.411 e. The second kappa shape index (κ2) is 36.1. The highest BCUT2D eigenvalue weighted by Gasteiger charge is 2.49. The number of likely N-dealkylation sites (N-methyl/N-ethyl adjacent to an activating group) is 7. The van der Waals surface area contributed by atoms with Gasteiger partial charge in [-0.25, -0.2) is 0 Å². The molecule has 4 N–H and O–H groups in total. The van der Waals surface area contributed by atoms with Crippen molar-refractivity contribution < 1.29 is 62.0 Å². The quantitative estimate of drug-likeness (QED) is 0.106. The van der Waals surface area contributed by atoms with Gasteiger partial charge < -0.3 is 64.8 Å². The van der Waals surface area contributed by atoms with Gasteiger partial charge in [0, 0.05) is 55.8 Å². The van der Waals surface area contributed by atoms with Gasteiger partial charge in [-0.15, -0.1) is 0 Å². The maximum atomic E-state index is 15.7. The SMILES string of the molecule is CC[C@@H]1NC(=O)[C@H]([C@H](O[Si](C)(C)C(C)(C)C)[C@H](C)CC=O)N(C)C(=O)[C@H](C(C)C)N(C)C(=O)[C@H](CC(C)C)N(C)C(=O)[C@H](CC(C)C)N(C)C(=O)[C@@H](C)NC(=O)[C@H](C)NC(=O)[C@H](CC(C)C)N(C)C(=O)[C@H](C(C)C)NC(=O)[C@H](CC(C)C)N(C)C(=O)[C@@H](C)N(C)C1=O. The van der Waals surface area contributed by atoms with E-state index < -0.39 is 169 Å². The minimum atomic E-state index is -2.89. The Hall–Kier alpha value is -5.98. The van der Waals surface area contributed by atoms with Gasteiger partial charge in [0.25, 0.3) is 0 Å². The maximum absolute atomic E-state index is 15.7. The van der Waals surface area contributed by atoms with Crippen molar-refractivity contribution in [1.82, 2.24) is 55.6 Å². The van der Waals surface area contributed by atoms with E-state index in [-0.39, 0.29) is 62.2 Å². The van der Waals surface area contributed by atoms with Crippen molar-refractivity contribution in [2.75, 3.05) is 49.3 Å².